The molecule has 19 heavy (non-hydrogen) atoms. The largest absolute Gasteiger partial charge is 0.449 e. The van der Waals surface area contributed by atoms with E-state index in [1.54, 1.807) is 0 Å². The lowest BCUT2D eigenvalue weighted by molar-refractivity contribution is -0.147. The zero-order valence-corrected chi connectivity index (χ0v) is 10.0. The Morgan fingerprint density at radius 2 is 2.16 bits per heavy atom. The highest BCUT2D eigenvalue weighted by atomic mass is 19.4. The van der Waals surface area contributed by atoms with Gasteiger partial charge in [0.25, 0.3) is 0 Å². The zero-order chi connectivity index (χ0) is 13.6. The van der Waals surface area contributed by atoms with E-state index in [-0.39, 0.29) is 30.7 Å². The van der Waals surface area contributed by atoms with E-state index in [1.165, 1.54) is 0 Å². The SMILES string of the molecule is O=C(Nc1nc(C(F)(F)F)n2c1CNCC2)C1CC1. The van der Waals surface area contributed by atoms with Crippen molar-refractivity contribution in [1.82, 2.24) is 14.9 Å². The molecule has 1 saturated carbocycles. The Balaban J connectivity index is 1.94. The van der Waals surface area contributed by atoms with E-state index in [1.807, 2.05) is 0 Å². The summed E-state index contributed by atoms with van der Waals surface area (Å²) >= 11 is 0. The normalized spacial score (nSPS) is 19.1. The fourth-order valence-corrected chi connectivity index (χ4v) is 2.18. The molecule has 5 nitrogen and oxygen atoms in total. The van der Waals surface area contributed by atoms with E-state index in [2.05, 4.69) is 15.6 Å². The lowest BCUT2D eigenvalue weighted by Crippen LogP contribution is -2.31. The Kier molecular flexibility index (Phi) is 2.77. The lowest BCUT2D eigenvalue weighted by Gasteiger charge is -2.19. The summed E-state index contributed by atoms with van der Waals surface area (Å²) in [6.45, 7) is 0.947. The van der Waals surface area contributed by atoms with Crippen LogP contribution < -0.4 is 10.6 Å². The molecule has 0 aromatic carbocycles. The molecule has 1 aliphatic heterocycles. The third-order valence-electron chi connectivity index (χ3n) is 3.32. The van der Waals surface area contributed by atoms with Gasteiger partial charge in [-0.1, -0.05) is 0 Å². The van der Waals surface area contributed by atoms with Crippen molar-refractivity contribution in [3.8, 4) is 0 Å². The van der Waals surface area contributed by atoms with Crippen LogP contribution in [-0.4, -0.2) is 22.0 Å². The van der Waals surface area contributed by atoms with Crippen LogP contribution >= 0.6 is 0 Å². The highest BCUT2D eigenvalue weighted by molar-refractivity contribution is 5.93. The van der Waals surface area contributed by atoms with E-state index in [0.29, 0.717) is 12.2 Å². The predicted octanol–water partition coefficient (Wildman–Crippen LogP) is 1.35. The number of fused-ring (bicyclic) bond motifs is 1. The summed E-state index contributed by atoms with van der Waals surface area (Å²) in [5.74, 6) is -1.20. The second-order valence-electron chi connectivity index (χ2n) is 4.82. The van der Waals surface area contributed by atoms with Gasteiger partial charge in [-0.05, 0) is 12.8 Å². The molecular weight excluding hydrogens is 261 g/mol. The molecule has 2 heterocycles. The van der Waals surface area contributed by atoms with Gasteiger partial charge in [-0.25, -0.2) is 4.98 Å². The van der Waals surface area contributed by atoms with Gasteiger partial charge in [-0.2, -0.15) is 13.2 Å². The van der Waals surface area contributed by atoms with Crippen LogP contribution in [-0.2, 0) is 24.1 Å². The number of carbonyl (C=O) groups is 1. The number of amides is 1. The van der Waals surface area contributed by atoms with Crippen LogP contribution in [0.1, 0.15) is 24.4 Å². The van der Waals surface area contributed by atoms with Gasteiger partial charge in [0, 0.05) is 25.6 Å². The summed E-state index contributed by atoms with van der Waals surface area (Å²) in [7, 11) is 0. The van der Waals surface area contributed by atoms with Crippen molar-refractivity contribution in [2.45, 2.75) is 32.1 Å². The number of alkyl halides is 3. The van der Waals surface area contributed by atoms with Crippen LogP contribution in [0.5, 0.6) is 0 Å². The Bertz CT molecular complexity index is 519. The molecule has 8 heteroatoms. The van der Waals surface area contributed by atoms with Gasteiger partial charge in [-0.15, -0.1) is 0 Å². The Labute approximate surface area is 107 Å². The van der Waals surface area contributed by atoms with Crippen molar-refractivity contribution in [1.29, 1.82) is 0 Å². The maximum Gasteiger partial charge on any atom is 0.449 e. The first-order chi connectivity index (χ1) is 8.97. The Morgan fingerprint density at radius 3 is 2.79 bits per heavy atom. The molecule has 0 spiro atoms. The molecule has 1 aromatic rings. The number of halogens is 3. The first-order valence-electron chi connectivity index (χ1n) is 6.15. The number of aromatic nitrogens is 2. The van der Waals surface area contributed by atoms with Crippen molar-refractivity contribution >= 4 is 11.7 Å². The standard InChI is InChI=1S/C11H13F3N4O/c12-11(13,14)10-17-8(16-9(19)6-1-2-6)7-5-15-3-4-18(7)10/h6,15H,1-5H2,(H,16,19). The van der Waals surface area contributed by atoms with Gasteiger partial charge in [0.1, 0.15) is 0 Å². The fourth-order valence-electron chi connectivity index (χ4n) is 2.18. The van der Waals surface area contributed by atoms with E-state index in [9.17, 15) is 18.0 Å². The summed E-state index contributed by atoms with van der Waals surface area (Å²) in [5, 5.41) is 5.50. The first kappa shape index (κ1) is 12.5. The molecule has 1 aliphatic carbocycles. The van der Waals surface area contributed by atoms with Gasteiger partial charge in [0.15, 0.2) is 5.82 Å². The summed E-state index contributed by atoms with van der Waals surface area (Å²) < 4.78 is 39.8. The molecule has 0 atom stereocenters. The van der Waals surface area contributed by atoms with Crippen LogP contribution in [0.3, 0.4) is 0 Å². The highest BCUT2D eigenvalue weighted by Crippen LogP contribution is 2.34. The number of nitrogens with zero attached hydrogens (tertiary/aromatic N) is 2. The van der Waals surface area contributed by atoms with Crippen molar-refractivity contribution in [3.63, 3.8) is 0 Å². The van der Waals surface area contributed by atoms with E-state index in [4.69, 9.17) is 0 Å². The first-order valence-corrected chi connectivity index (χ1v) is 6.15. The summed E-state index contributed by atoms with van der Waals surface area (Å²) in [6, 6.07) is 0. The third-order valence-corrected chi connectivity index (χ3v) is 3.32. The third kappa shape index (κ3) is 2.32. The van der Waals surface area contributed by atoms with Gasteiger partial charge in [-0.3, -0.25) is 4.79 Å². The van der Waals surface area contributed by atoms with Crippen LogP contribution in [0.15, 0.2) is 0 Å². The molecule has 3 rings (SSSR count). The topological polar surface area (TPSA) is 59.0 Å². The molecule has 104 valence electrons. The monoisotopic (exact) mass is 274 g/mol. The van der Waals surface area contributed by atoms with Gasteiger partial charge in [0.05, 0.1) is 5.69 Å². The quantitative estimate of drug-likeness (QED) is 0.856. The smallest absolute Gasteiger partial charge is 0.320 e. The van der Waals surface area contributed by atoms with Gasteiger partial charge in [0.2, 0.25) is 11.7 Å². The molecule has 2 N–H and O–H groups in total. The summed E-state index contributed by atoms with van der Waals surface area (Å²) in [4.78, 5) is 15.2. The molecule has 0 saturated heterocycles. The van der Waals surface area contributed by atoms with Crippen LogP contribution in [0, 0.1) is 5.92 Å². The number of nitrogens with one attached hydrogen (secondary N) is 2. The van der Waals surface area contributed by atoms with Crippen molar-refractivity contribution < 1.29 is 18.0 Å². The van der Waals surface area contributed by atoms with Crippen LogP contribution in [0.25, 0.3) is 0 Å². The van der Waals surface area contributed by atoms with E-state index >= 15 is 0 Å². The predicted molar refractivity (Wildman–Crippen MR) is 60.3 cm³/mol. The molecule has 1 aromatic heterocycles. The van der Waals surface area contributed by atoms with Gasteiger partial charge < -0.3 is 15.2 Å². The Morgan fingerprint density at radius 1 is 1.42 bits per heavy atom. The van der Waals surface area contributed by atoms with Crippen molar-refractivity contribution in [2.75, 3.05) is 11.9 Å². The maximum absolute atomic E-state index is 12.9. The van der Waals surface area contributed by atoms with Crippen molar-refractivity contribution in [3.05, 3.63) is 11.5 Å². The summed E-state index contributed by atoms with van der Waals surface area (Å²) in [6.07, 6.45) is -2.91. The number of imidazole rings is 1. The van der Waals surface area contributed by atoms with Crippen LogP contribution in [0.4, 0.5) is 19.0 Å². The molecule has 2 aliphatic rings. The second-order valence-corrected chi connectivity index (χ2v) is 4.82. The minimum Gasteiger partial charge on any atom is -0.320 e. The Hall–Kier alpha value is -1.57. The van der Waals surface area contributed by atoms with E-state index in [0.717, 1.165) is 17.4 Å². The fraction of sp³-hybridized carbons (Fsp3) is 0.636. The molecule has 0 bridgehead atoms. The number of hydrogen-bond acceptors (Lipinski definition) is 3. The minimum absolute atomic E-state index is 0.0384. The van der Waals surface area contributed by atoms with Gasteiger partial charge >= 0.3 is 6.18 Å². The van der Waals surface area contributed by atoms with Crippen molar-refractivity contribution in [2.24, 2.45) is 5.92 Å². The average Bonchev–Trinajstić information content (AvgIpc) is 3.12. The molecule has 1 fully saturated rings. The highest BCUT2D eigenvalue weighted by Gasteiger charge is 2.40. The molecule has 0 radical (unpaired) electrons. The summed E-state index contributed by atoms with van der Waals surface area (Å²) in [5.41, 5.74) is 0.396. The maximum atomic E-state index is 12.9. The number of carbonyl (C=O) groups excluding carboxylic acids is 1. The second kappa shape index (κ2) is 4.22. The number of rotatable bonds is 2. The number of anilines is 1. The van der Waals surface area contributed by atoms with Crippen LogP contribution in [0.2, 0.25) is 0 Å². The molecule has 1 amide bonds. The number of hydrogen-bond donors (Lipinski definition) is 2. The zero-order valence-electron chi connectivity index (χ0n) is 10.0. The lowest BCUT2D eigenvalue weighted by atomic mass is 10.3. The molecule has 0 unspecified atom stereocenters. The minimum atomic E-state index is -4.51. The average molecular weight is 274 g/mol. The molecular formula is C11H13F3N4O. The van der Waals surface area contributed by atoms with E-state index < -0.39 is 12.0 Å².